The van der Waals surface area contributed by atoms with Gasteiger partial charge in [0.1, 0.15) is 5.82 Å². The Kier molecular flexibility index (Phi) is 2.81. The molecule has 0 amide bonds. The number of fused-ring (bicyclic) bond motifs is 1. The van der Waals surface area contributed by atoms with E-state index in [4.69, 9.17) is 22.6 Å². The summed E-state index contributed by atoms with van der Waals surface area (Å²) >= 11 is 6.16. The van der Waals surface area contributed by atoms with E-state index in [1.54, 1.807) is 22.8 Å². The average molecular weight is 287 g/mol. The Hall–Kier alpha value is -2.58. The highest BCUT2D eigenvalue weighted by Crippen LogP contribution is 2.29. The lowest BCUT2D eigenvalue weighted by atomic mass is 10.2. The molecule has 1 aromatic heterocycles. The number of nitrogen functional groups attached to an aromatic ring is 1. The molecule has 0 saturated carbocycles. The molecular weight excluding hydrogens is 279 g/mol. The van der Waals surface area contributed by atoms with Crippen LogP contribution in [0, 0.1) is 17.1 Å². The maximum Gasteiger partial charge on any atom is 0.205 e. The van der Waals surface area contributed by atoms with Gasteiger partial charge in [0, 0.05) is 6.07 Å². The second-order valence-electron chi connectivity index (χ2n) is 4.22. The van der Waals surface area contributed by atoms with E-state index >= 15 is 0 Å². The van der Waals surface area contributed by atoms with Crippen molar-refractivity contribution >= 4 is 28.6 Å². The molecule has 3 aromatic rings. The summed E-state index contributed by atoms with van der Waals surface area (Å²) in [5.41, 5.74) is 7.97. The Morgan fingerprint density at radius 3 is 2.75 bits per heavy atom. The first-order valence-electron chi connectivity index (χ1n) is 5.73. The molecule has 6 heteroatoms. The van der Waals surface area contributed by atoms with Crippen molar-refractivity contribution in [3.63, 3.8) is 0 Å². The minimum absolute atomic E-state index is 0.206. The van der Waals surface area contributed by atoms with Crippen molar-refractivity contribution in [1.82, 2.24) is 9.55 Å². The van der Waals surface area contributed by atoms with Crippen LogP contribution >= 0.6 is 11.6 Å². The standard InChI is InChI=1S/C14H8ClFN4/c15-10-5-8(7-17)1-4-12(10)20-13-6-9(16)2-3-11(13)19-14(20)18/h1-6H,(H2,18,19). The van der Waals surface area contributed by atoms with Crippen LogP contribution in [0.4, 0.5) is 10.3 Å². The summed E-state index contributed by atoms with van der Waals surface area (Å²) in [6, 6.07) is 11.0. The third-order valence-corrected chi connectivity index (χ3v) is 3.26. The molecule has 0 bridgehead atoms. The summed E-state index contributed by atoms with van der Waals surface area (Å²) in [7, 11) is 0. The van der Waals surface area contributed by atoms with Gasteiger partial charge in [-0.25, -0.2) is 9.37 Å². The molecule has 0 aliphatic heterocycles. The van der Waals surface area contributed by atoms with Crippen LogP contribution in [0.5, 0.6) is 0 Å². The van der Waals surface area contributed by atoms with Crippen LogP contribution < -0.4 is 5.73 Å². The molecule has 2 aromatic carbocycles. The lowest BCUT2D eigenvalue weighted by molar-refractivity contribution is 0.629. The zero-order chi connectivity index (χ0) is 14.3. The second kappa shape index (κ2) is 4.51. The first-order valence-corrected chi connectivity index (χ1v) is 6.11. The molecular formula is C14H8ClFN4. The largest absolute Gasteiger partial charge is 0.369 e. The van der Waals surface area contributed by atoms with Gasteiger partial charge < -0.3 is 5.73 Å². The molecule has 2 N–H and O–H groups in total. The fourth-order valence-electron chi connectivity index (χ4n) is 2.08. The van der Waals surface area contributed by atoms with Gasteiger partial charge in [-0.15, -0.1) is 0 Å². The van der Waals surface area contributed by atoms with Gasteiger partial charge in [-0.3, -0.25) is 4.57 Å². The molecule has 20 heavy (non-hydrogen) atoms. The third kappa shape index (κ3) is 1.87. The highest BCUT2D eigenvalue weighted by atomic mass is 35.5. The molecule has 98 valence electrons. The van der Waals surface area contributed by atoms with E-state index in [1.165, 1.54) is 18.2 Å². The van der Waals surface area contributed by atoms with Gasteiger partial charge >= 0.3 is 0 Å². The van der Waals surface area contributed by atoms with Crippen LogP contribution in [-0.4, -0.2) is 9.55 Å². The van der Waals surface area contributed by atoms with E-state index in [0.29, 0.717) is 27.3 Å². The Balaban J connectivity index is 2.32. The van der Waals surface area contributed by atoms with Crippen molar-refractivity contribution in [2.75, 3.05) is 5.73 Å². The van der Waals surface area contributed by atoms with Gasteiger partial charge in [0.25, 0.3) is 0 Å². The first kappa shape index (κ1) is 12.5. The Morgan fingerprint density at radius 2 is 2.05 bits per heavy atom. The number of nitrogens with zero attached hydrogens (tertiary/aromatic N) is 3. The number of hydrogen-bond donors (Lipinski definition) is 1. The highest BCUT2D eigenvalue weighted by Gasteiger charge is 2.13. The van der Waals surface area contributed by atoms with E-state index in [1.807, 2.05) is 6.07 Å². The summed E-state index contributed by atoms with van der Waals surface area (Å²) in [6.07, 6.45) is 0. The SMILES string of the molecule is N#Cc1ccc(-n2c(N)nc3ccc(F)cc32)c(Cl)c1. The van der Waals surface area contributed by atoms with E-state index in [-0.39, 0.29) is 11.8 Å². The summed E-state index contributed by atoms with van der Waals surface area (Å²) < 4.78 is 15.0. The van der Waals surface area contributed by atoms with Crippen LogP contribution in [0.3, 0.4) is 0 Å². The van der Waals surface area contributed by atoms with Gasteiger partial charge in [-0.05, 0) is 30.3 Å². The maximum atomic E-state index is 13.4. The minimum atomic E-state index is -0.386. The van der Waals surface area contributed by atoms with Crippen LogP contribution in [-0.2, 0) is 0 Å². The summed E-state index contributed by atoms with van der Waals surface area (Å²) in [5, 5.41) is 9.19. The average Bonchev–Trinajstić information content (AvgIpc) is 2.74. The number of hydrogen-bond acceptors (Lipinski definition) is 3. The molecule has 0 aliphatic carbocycles. The fourth-order valence-corrected chi connectivity index (χ4v) is 2.34. The Morgan fingerprint density at radius 1 is 1.25 bits per heavy atom. The molecule has 0 atom stereocenters. The minimum Gasteiger partial charge on any atom is -0.369 e. The lowest BCUT2D eigenvalue weighted by Gasteiger charge is -2.09. The molecule has 3 rings (SSSR count). The van der Waals surface area contributed by atoms with Gasteiger partial charge in [0.05, 0.1) is 33.4 Å². The van der Waals surface area contributed by atoms with Gasteiger partial charge in [0.15, 0.2) is 0 Å². The van der Waals surface area contributed by atoms with Gasteiger partial charge in [0.2, 0.25) is 5.95 Å². The summed E-state index contributed by atoms with van der Waals surface area (Å²) in [4.78, 5) is 4.16. The summed E-state index contributed by atoms with van der Waals surface area (Å²) in [5.74, 6) is -0.180. The number of nitrogens with two attached hydrogens (primary N) is 1. The first-order chi connectivity index (χ1) is 9.60. The Labute approximate surface area is 118 Å². The predicted octanol–water partition coefficient (Wildman–Crippen LogP) is 3.27. The molecule has 0 aliphatic rings. The molecule has 0 spiro atoms. The molecule has 1 heterocycles. The van der Waals surface area contributed by atoms with Crippen LogP contribution in [0.1, 0.15) is 5.56 Å². The fraction of sp³-hybridized carbons (Fsp3) is 0. The molecule has 0 saturated heterocycles. The van der Waals surface area contributed by atoms with Crippen LogP contribution in [0.25, 0.3) is 16.7 Å². The van der Waals surface area contributed by atoms with Crippen molar-refractivity contribution < 1.29 is 4.39 Å². The highest BCUT2D eigenvalue weighted by molar-refractivity contribution is 6.32. The van der Waals surface area contributed by atoms with Crippen molar-refractivity contribution in [3.8, 4) is 11.8 Å². The van der Waals surface area contributed by atoms with E-state index in [2.05, 4.69) is 4.98 Å². The van der Waals surface area contributed by atoms with E-state index in [9.17, 15) is 4.39 Å². The van der Waals surface area contributed by atoms with Crippen LogP contribution in [0.15, 0.2) is 36.4 Å². The number of nitriles is 1. The van der Waals surface area contributed by atoms with Crippen molar-refractivity contribution in [2.24, 2.45) is 0 Å². The normalized spacial score (nSPS) is 10.7. The maximum absolute atomic E-state index is 13.4. The number of anilines is 1. The topological polar surface area (TPSA) is 67.6 Å². The van der Waals surface area contributed by atoms with Crippen LogP contribution in [0.2, 0.25) is 5.02 Å². The molecule has 4 nitrogen and oxygen atoms in total. The number of imidazole rings is 1. The smallest absolute Gasteiger partial charge is 0.205 e. The number of aromatic nitrogens is 2. The monoisotopic (exact) mass is 286 g/mol. The molecule has 0 radical (unpaired) electrons. The van der Waals surface area contributed by atoms with E-state index in [0.717, 1.165) is 0 Å². The Bertz CT molecular complexity index is 863. The zero-order valence-corrected chi connectivity index (χ0v) is 10.9. The zero-order valence-electron chi connectivity index (χ0n) is 10.1. The number of benzene rings is 2. The third-order valence-electron chi connectivity index (χ3n) is 2.96. The van der Waals surface area contributed by atoms with Gasteiger partial charge in [-0.1, -0.05) is 11.6 Å². The van der Waals surface area contributed by atoms with Crippen molar-refractivity contribution in [2.45, 2.75) is 0 Å². The quantitative estimate of drug-likeness (QED) is 0.746. The number of halogens is 2. The number of rotatable bonds is 1. The second-order valence-corrected chi connectivity index (χ2v) is 4.62. The molecule has 0 fully saturated rings. The van der Waals surface area contributed by atoms with E-state index < -0.39 is 0 Å². The van der Waals surface area contributed by atoms with Crippen molar-refractivity contribution in [1.29, 1.82) is 5.26 Å². The molecule has 0 unspecified atom stereocenters. The van der Waals surface area contributed by atoms with Gasteiger partial charge in [-0.2, -0.15) is 5.26 Å². The summed E-state index contributed by atoms with van der Waals surface area (Å²) in [6.45, 7) is 0. The van der Waals surface area contributed by atoms with Crippen molar-refractivity contribution in [3.05, 3.63) is 52.8 Å². The lowest BCUT2D eigenvalue weighted by Crippen LogP contribution is -2.01. The predicted molar refractivity (Wildman–Crippen MR) is 75.2 cm³/mol.